The van der Waals surface area contributed by atoms with Gasteiger partial charge in [-0.15, -0.1) is 11.3 Å². The van der Waals surface area contributed by atoms with Crippen LogP contribution >= 0.6 is 11.3 Å². The summed E-state index contributed by atoms with van der Waals surface area (Å²) in [5, 5.41) is 3.29. The van der Waals surface area contributed by atoms with E-state index in [-0.39, 0.29) is 18.5 Å². The highest BCUT2D eigenvalue weighted by Crippen LogP contribution is 2.17. The predicted molar refractivity (Wildman–Crippen MR) is 74.3 cm³/mol. The van der Waals surface area contributed by atoms with E-state index in [9.17, 15) is 4.79 Å². The average Bonchev–Trinajstić information content (AvgIpc) is 2.85. The lowest BCUT2D eigenvalue weighted by Crippen LogP contribution is -2.33. The molecule has 0 saturated carbocycles. The molecule has 1 aromatic rings. The van der Waals surface area contributed by atoms with Crippen molar-refractivity contribution in [1.82, 2.24) is 5.32 Å². The number of Topliss-reactive ketones (excluding diaryl/α,β-unsaturated/α-hetero) is 1. The number of ketones is 1. The maximum atomic E-state index is 11.8. The van der Waals surface area contributed by atoms with Crippen molar-refractivity contribution in [1.29, 1.82) is 0 Å². The molecule has 1 N–H and O–H groups in total. The number of hydrogen-bond acceptors (Lipinski definition) is 4. The molecular formula is C14H21NO2S. The summed E-state index contributed by atoms with van der Waals surface area (Å²) in [7, 11) is 0. The minimum absolute atomic E-state index is 0.193. The molecule has 0 aromatic carbocycles. The van der Waals surface area contributed by atoms with Crippen LogP contribution in [0.4, 0.5) is 0 Å². The Balaban J connectivity index is 1.71. The Labute approximate surface area is 113 Å². The Morgan fingerprint density at radius 1 is 1.39 bits per heavy atom. The Morgan fingerprint density at radius 2 is 2.11 bits per heavy atom. The lowest BCUT2D eigenvalue weighted by Gasteiger charge is -2.22. The fourth-order valence-corrected chi connectivity index (χ4v) is 3.11. The van der Waals surface area contributed by atoms with Crippen LogP contribution in [-0.2, 0) is 22.4 Å². The summed E-state index contributed by atoms with van der Waals surface area (Å²) in [6, 6.07) is 4.17. The second-order valence-electron chi connectivity index (χ2n) is 4.70. The van der Waals surface area contributed by atoms with Crippen molar-refractivity contribution < 1.29 is 9.53 Å². The van der Waals surface area contributed by atoms with E-state index in [2.05, 4.69) is 24.4 Å². The van der Waals surface area contributed by atoms with Gasteiger partial charge in [-0.3, -0.25) is 4.79 Å². The molecule has 100 valence electrons. The molecule has 0 unspecified atom stereocenters. The number of rotatable bonds is 6. The molecule has 0 spiro atoms. The summed E-state index contributed by atoms with van der Waals surface area (Å²) in [4.78, 5) is 14.3. The van der Waals surface area contributed by atoms with Crippen LogP contribution < -0.4 is 5.32 Å². The maximum absolute atomic E-state index is 11.8. The summed E-state index contributed by atoms with van der Waals surface area (Å²) in [5.74, 6) is 0.193. The predicted octanol–water partition coefficient (Wildman–Crippen LogP) is 2.19. The van der Waals surface area contributed by atoms with Gasteiger partial charge in [-0.25, -0.2) is 0 Å². The van der Waals surface area contributed by atoms with Crippen molar-refractivity contribution in [3.8, 4) is 0 Å². The fraction of sp³-hybridized carbons (Fsp3) is 0.643. The summed E-state index contributed by atoms with van der Waals surface area (Å²) in [6.07, 6.45) is 3.88. The molecule has 1 aliphatic rings. The smallest absolute Gasteiger partial charge is 0.163 e. The molecule has 4 heteroatoms. The molecule has 0 amide bonds. The third kappa shape index (κ3) is 4.19. The van der Waals surface area contributed by atoms with Gasteiger partial charge >= 0.3 is 0 Å². The van der Waals surface area contributed by atoms with Gasteiger partial charge < -0.3 is 10.1 Å². The van der Waals surface area contributed by atoms with Crippen molar-refractivity contribution in [3.63, 3.8) is 0 Å². The van der Waals surface area contributed by atoms with Crippen LogP contribution in [-0.4, -0.2) is 31.6 Å². The van der Waals surface area contributed by atoms with Gasteiger partial charge in [0.1, 0.15) is 6.61 Å². The summed E-state index contributed by atoms with van der Waals surface area (Å²) < 4.78 is 5.67. The number of aryl methyl sites for hydroxylation is 1. The van der Waals surface area contributed by atoms with Crippen LogP contribution in [0.25, 0.3) is 0 Å². The number of ether oxygens (including phenoxy) is 1. The third-order valence-corrected chi connectivity index (χ3v) is 4.43. The van der Waals surface area contributed by atoms with E-state index in [0.29, 0.717) is 6.42 Å². The van der Waals surface area contributed by atoms with Crippen LogP contribution in [0.1, 0.15) is 29.5 Å². The van der Waals surface area contributed by atoms with Gasteiger partial charge in [-0.05, 0) is 44.5 Å². The number of hydrogen-bond donors (Lipinski definition) is 1. The van der Waals surface area contributed by atoms with Crippen molar-refractivity contribution in [2.24, 2.45) is 0 Å². The third-order valence-electron chi connectivity index (χ3n) is 3.20. The zero-order chi connectivity index (χ0) is 12.8. The summed E-state index contributed by atoms with van der Waals surface area (Å²) >= 11 is 1.74. The van der Waals surface area contributed by atoms with Gasteiger partial charge in [0.25, 0.3) is 0 Å². The van der Waals surface area contributed by atoms with Gasteiger partial charge in [0.05, 0.1) is 6.10 Å². The average molecular weight is 267 g/mol. The Morgan fingerprint density at radius 3 is 2.78 bits per heavy atom. The Kier molecular flexibility index (Phi) is 5.35. The molecule has 1 fully saturated rings. The lowest BCUT2D eigenvalue weighted by atomic mass is 10.1. The maximum Gasteiger partial charge on any atom is 0.163 e. The quantitative estimate of drug-likeness (QED) is 0.858. The molecule has 1 aliphatic heterocycles. The first-order valence-corrected chi connectivity index (χ1v) is 7.51. The van der Waals surface area contributed by atoms with Gasteiger partial charge in [-0.2, -0.15) is 0 Å². The largest absolute Gasteiger partial charge is 0.370 e. The summed E-state index contributed by atoms with van der Waals surface area (Å²) in [5.41, 5.74) is 0. The first-order chi connectivity index (χ1) is 8.78. The second-order valence-corrected chi connectivity index (χ2v) is 5.95. The topological polar surface area (TPSA) is 38.3 Å². The molecule has 0 aliphatic carbocycles. The molecule has 2 rings (SSSR count). The van der Waals surface area contributed by atoms with Gasteiger partial charge in [-0.1, -0.05) is 6.92 Å². The van der Waals surface area contributed by atoms with Crippen molar-refractivity contribution in [3.05, 3.63) is 21.9 Å². The van der Waals surface area contributed by atoms with Gasteiger partial charge in [0, 0.05) is 16.2 Å². The highest BCUT2D eigenvalue weighted by molar-refractivity contribution is 7.12. The number of thiophene rings is 1. The molecule has 0 radical (unpaired) electrons. The number of carbonyl (C=O) groups is 1. The van der Waals surface area contributed by atoms with Crippen molar-refractivity contribution in [2.75, 3.05) is 19.7 Å². The van der Waals surface area contributed by atoms with E-state index < -0.39 is 0 Å². The SMILES string of the molecule is CCc1ccc(CC(=O)COC2CCNCC2)s1. The monoisotopic (exact) mass is 267 g/mol. The van der Waals surface area contributed by atoms with Crippen LogP contribution in [0.3, 0.4) is 0 Å². The number of nitrogens with one attached hydrogen (secondary N) is 1. The highest BCUT2D eigenvalue weighted by atomic mass is 32.1. The molecule has 1 aromatic heterocycles. The van der Waals surface area contributed by atoms with Crippen LogP contribution in [0, 0.1) is 0 Å². The molecule has 0 bridgehead atoms. The number of carbonyl (C=O) groups excluding carboxylic acids is 1. The molecule has 1 saturated heterocycles. The van der Waals surface area contributed by atoms with E-state index in [1.165, 1.54) is 4.88 Å². The lowest BCUT2D eigenvalue weighted by molar-refractivity contribution is -0.125. The number of piperidine rings is 1. The summed E-state index contributed by atoms with van der Waals surface area (Å²) in [6.45, 7) is 4.41. The Hall–Kier alpha value is -0.710. The first kappa shape index (κ1) is 13.7. The van der Waals surface area contributed by atoms with Crippen LogP contribution in [0.15, 0.2) is 12.1 Å². The van der Waals surface area contributed by atoms with E-state index >= 15 is 0 Å². The first-order valence-electron chi connectivity index (χ1n) is 6.69. The van der Waals surface area contributed by atoms with E-state index in [4.69, 9.17) is 4.74 Å². The minimum Gasteiger partial charge on any atom is -0.370 e. The van der Waals surface area contributed by atoms with Gasteiger partial charge in [0.2, 0.25) is 0 Å². The zero-order valence-corrected chi connectivity index (χ0v) is 11.7. The van der Waals surface area contributed by atoms with Crippen molar-refractivity contribution in [2.45, 2.75) is 38.7 Å². The molecule has 2 heterocycles. The normalized spacial score (nSPS) is 16.9. The molecule has 18 heavy (non-hydrogen) atoms. The standard InChI is InChI=1S/C14H21NO2S/c1-2-13-3-4-14(18-13)9-11(16)10-17-12-5-7-15-8-6-12/h3-4,12,15H,2,5-10H2,1H3. The van der Waals surface area contributed by atoms with Gasteiger partial charge in [0.15, 0.2) is 5.78 Å². The molecule has 3 nitrogen and oxygen atoms in total. The fourth-order valence-electron chi connectivity index (χ4n) is 2.13. The molecular weight excluding hydrogens is 246 g/mol. The van der Waals surface area contributed by atoms with E-state index in [1.807, 2.05) is 0 Å². The van der Waals surface area contributed by atoms with E-state index in [1.54, 1.807) is 11.3 Å². The zero-order valence-electron chi connectivity index (χ0n) is 10.9. The van der Waals surface area contributed by atoms with Crippen LogP contribution in [0.2, 0.25) is 0 Å². The second kappa shape index (κ2) is 7.02. The Bertz CT molecular complexity index is 383. The van der Waals surface area contributed by atoms with Crippen molar-refractivity contribution >= 4 is 17.1 Å². The minimum atomic E-state index is 0.193. The molecule has 0 atom stereocenters. The van der Waals surface area contributed by atoms with Crippen LogP contribution in [0.5, 0.6) is 0 Å². The van der Waals surface area contributed by atoms with E-state index in [0.717, 1.165) is 37.2 Å². The highest BCUT2D eigenvalue weighted by Gasteiger charge is 2.15.